The first kappa shape index (κ1) is 11.0. The summed E-state index contributed by atoms with van der Waals surface area (Å²) < 4.78 is 19.4. The van der Waals surface area contributed by atoms with Gasteiger partial charge in [0.25, 0.3) is 5.53 Å². The summed E-state index contributed by atoms with van der Waals surface area (Å²) >= 11 is 0. The predicted molar refractivity (Wildman–Crippen MR) is 35.9 cm³/mol. The second-order valence-corrected chi connectivity index (χ2v) is 3.59. The maximum Gasteiger partial charge on any atom is 0.387 e. The molecule has 0 aliphatic heterocycles. The molecule has 0 atom stereocenters. The van der Waals surface area contributed by atoms with Crippen molar-refractivity contribution < 1.29 is 28.9 Å². The highest BCUT2D eigenvalue weighted by molar-refractivity contribution is 7.53. The van der Waals surface area contributed by atoms with Crippen molar-refractivity contribution in [2.24, 2.45) is 0 Å². The first-order valence-electron chi connectivity index (χ1n) is 2.70. The average Bonchev–Trinajstić information content (AvgIpc) is 1.90. The molecule has 0 aromatic heterocycles. The van der Waals surface area contributed by atoms with Crippen molar-refractivity contribution in [2.45, 2.75) is 5.53 Å². The minimum atomic E-state index is -4.60. The van der Waals surface area contributed by atoms with Crippen LogP contribution in [0.5, 0.6) is 0 Å². The molecule has 0 saturated carbocycles. The number of rotatable bonds is 4. The lowest BCUT2D eigenvalue weighted by molar-refractivity contribution is -0.177. The van der Waals surface area contributed by atoms with E-state index in [0.717, 1.165) is 14.2 Å². The third kappa shape index (κ3) is 1.99. The normalized spacial score (nSPS) is 13.5. The van der Waals surface area contributed by atoms with Gasteiger partial charge in [0.05, 0.1) is 0 Å². The Labute approximate surface area is 63.9 Å². The van der Waals surface area contributed by atoms with Crippen molar-refractivity contribution in [3.8, 4) is 0 Å². The number of hydrogen-bond acceptors (Lipinski definition) is 4. The van der Waals surface area contributed by atoms with E-state index in [1.165, 1.54) is 0 Å². The molecule has 0 spiro atoms. The molecular formula is C4H11O6P. The number of hydrogen-bond donors (Lipinski definition) is 3. The summed E-state index contributed by atoms with van der Waals surface area (Å²) in [5.41, 5.74) is -2.22. The Balaban J connectivity index is 4.70. The van der Waals surface area contributed by atoms with E-state index < -0.39 is 19.7 Å². The van der Waals surface area contributed by atoms with Crippen LogP contribution >= 0.6 is 7.60 Å². The molecule has 0 bridgehead atoms. The van der Waals surface area contributed by atoms with Gasteiger partial charge in [-0.1, -0.05) is 0 Å². The summed E-state index contributed by atoms with van der Waals surface area (Å²) in [7, 11) is -2.52. The van der Waals surface area contributed by atoms with Crippen LogP contribution in [0.2, 0.25) is 0 Å². The van der Waals surface area contributed by atoms with E-state index in [9.17, 15) is 4.57 Å². The molecule has 6 nitrogen and oxygen atoms in total. The van der Waals surface area contributed by atoms with Crippen molar-refractivity contribution in [2.75, 3.05) is 20.8 Å². The molecule has 0 aliphatic rings. The molecule has 7 heteroatoms. The van der Waals surface area contributed by atoms with Crippen molar-refractivity contribution >= 4 is 7.60 Å². The van der Waals surface area contributed by atoms with Gasteiger partial charge in [0, 0.05) is 14.2 Å². The standard InChI is InChI=1S/C4H11O6P/c1-9-4(3-5,10-2)11(6,7)8/h5H,3H2,1-2H3,(H2,6,7,8). The first-order valence-corrected chi connectivity index (χ1v) is 4.31. The molecule has 0 aliphatic carbocycles. The summed E-state index contributed by atoms with van der Waals surface area (Å²) in [5.74, 6) is 0. The minimum Gasteiger partial charge on any atom is -0.390 e. The molecule has 0 unspecified atom stereocenters. The van der Waals surface area contributed by atoms with Gasteiger partial charge in [0.2, 0.25) is 0 Å². The van der Waals surface area contributed by atoms with E-state index in [4.69, 9.17) is 14.9 Å². The topological polar surface area (TPSA) is 96.2 Å². The van der Waals surface area contributed by atoms with Crippen LogP contribution in [0.15, 0.2) is 0 Å². The van der Waals surface area contributed by atoms with E-state index in [1.807, 2.05) is 0 Å². The van der Waals surface area contributed by atoms with Crippen molar-refractivity contribution in [3.63, 3.8) is 0 Å². The van der Waals surface area contributed by atoms with Gasteiger partial charge in [-0.2, -0.15) is 0 Å². The van der Waals surface area contributed by atoms with Gasteiger partial charge >= 0.3 is 7.60 Å². The molecular weight excluding hydrogens is 175 g/mol. The number of aliphatic hydroxyl groups is 1. The van der Waals surface area contributed by atoms with E-state index in [1.54, 1.807) is 0 Å². The lowest BCUT2D eigenvalue weighted by atomic mass is 10.7. The predicted octanol–water partition coefficient (Wildman–Crippen LogP) is -0.897. The van der Waals surface area contributed by atoms with Crippen LogP contribution in [0.4, 0.5) is 0 Å². The maximum absolute atomic E-state index is 10.6. The second-order valence-electron chi connectivity index (χ2n) is 1.82. The maximum atomic E-state index is 10.6. The Bertz CT molecular complexity index is 150. The van der Waals surface area contributed by atoms with E-state index in [-0.39, 0.29) is 0 Å². The van der Waals surface area contributed by atoms with E-state index >= 15 is 0 Å². The molecule has 0 heterocycles. The zero-order chi connectivity index (χ0) is 9.12. The molecule has 0 fully saturated rings. The van der Waals surface area contributed by atoms with Gasteiger partial charge in [0.1, 0.15) is 6.61 Å². The Hall–Kier alpha value is 0.0300. The first-order chi connectivity index (χ1) is 4.93. The fourth-order valence-electron chi connectivity index (χ4n) is 0.542. The Morgan fingerprint density at radius 2 is 1.73 bits per heavy atom. The zero-order valence-corrected chi connectivity index (χ0v) is 7.12. The fourth-order valence-corrected chi connectivity index (χ4v) is 1.20. The van der Waals surface area contributed by atoms with Gasteiger partial charge in [-0.05, 0) is 0 Å². The van der Waals surface area contributed by atoms with Gasteiger partial charge in [-0.3, -0.25) is 4.57 Å². The van der Waals surface area contributed by atoms with Crippen molar-refractivity contribution in [3.05, 3.63) is 0 Å². The quantitative estimate of drug-likeness (QED) is 0.389. The molecule has 0 saturated heterocycles. The summed E-state index contributed by atoms with van der Waals surface area (Å²) in [5, 5.41) is 8.57. The molecule has 68 valence electrons. The third-order valence-corrected chi connectivity index (χ3v) is 2.68. The van der Waals surface area contributed by atoms with Gasteiger partial charge < -0.3 is 24.4 Å². The lowest BCUT2D eigenvalue weighted by Crippen LogP contribution is -2.37. The second kappa shape index (κ2) is 3.62. The Morgan fingerprint density at radius 3 is 1.73 bits per heavy atom. The van der Waals surface area contributed by atoms with Crippen LogP contribution in [0.25, 0.3) is 0 Å². The summed E-state index contributed by atoms with van der Waals surface area (Å²) in [6.07, 6.45) is 0. The fraction of sp³-hybridized carbons (Fsp3) is 1.00. The third-order valence-electron chi connectivity index (χ3n) is 1.28. The van der Waals surface area contributed by atoms with Crippen molar-refractivity contribution in [1.29, 1.82) is 0 Å². The van der Waals surface area contributed by atoms with Crippen LogP contribution in [-0.4, -0.2) is 41.2 Å². The van der Waals surface area contributed by atoms with Crippen LogP contribution in [0.3, 0.4) is 0 Å². The molecule has 0 amide bonds. The van der Waals surface area contributed by atoms with Gasteiger partial charge in [0.15, 0.2) is 0 Å². The Morgan fingerprint density at radius 1 is 1.36 bits per heavy atom. The van der Waals surface area contributed by atoms with Crippen LogP contribution < -0.4 is 0 Å². The summed E-state index contributed by atoms with van der Waals surface area (Å²) in [4.78, 5) is 17.3. The van der Waals surface area contributed by atoms with Gasteiger partial charge in [-0.15, -0.1) is 0 Å². The molecule has 0 rings (SSSR count). The van der Waals surface area contributed by atoms with E-state index in [0.29, 0.717) is 0 Å². The monoisotopic (exact) mass is 186 g/mol. The molecule has 3 N–H and O–H groups in total. The highest BCUT2D eigenvalue weighted by Gasteiger charge is 2.48. The zero-order valence-electron chi connectivity index (χ0n) is 6.22. The number of ether oxygens (including phenoxy) is 2. The summed E-state index contributed by atoms with van der Waals surface area (Å²) in [6, 6.07) is 0. The minimum absolute atomic E-state index is 0.899. The van der Waals surface area contributed by atoms with E-state index in [2.05, 4.69) is 9.47 Å². The van der Waals surface area contributed by atoms with Crippen LogP contribution in [-0.2, 0) is 14.0 Å². The lowest BCUT2D eigenvalue weighted by Gasteiger charge is -2.28. The molecule has 11 heavy (non-hydrogen) atoms. The van der Waals surface area contributed by atoms with Crippen LogP contribution in [0.1, 0.15) is 0 Å². The van der Waals surface area contributed by atoms with Crippen molar-refractivity contribution in [1.82, 2.24) is 0 Å². The largest absolute Gasteiger partial charge is 0.390 e. The number of aliphatic hydroxyl groups excluding tert-OH is 1. The highest BCUT2D eigenvalue weighted by Crippen LogP contribution is 2.50. The average molecular weight is 186 g/mol. The molecule has 0 radical (unpaired) electrons. The smallest absolute Gasteiger partial charge is 0.387 e. The number of methoxy groups -OCH3 is 2. The highest BCUT2D eigenvalue weighted by atomic mass is 31.2. The molecule has 0 aromatic carbocycles. The SMILES string of the molecule is COC(CO)(OC)P(=O)(O)O. The van der Waals surface area contributed by atoms with Gasteiger partial charge in [-0.25, -0.2) is 0 Å². The van der Waals surface area contributed by atoms with Crippen LogP contribution in [0, 0.1) is 0 Å². The Kier molecular flexibility index (Phi) is 3.63. The summed E-state index contributed by atoms with van der Waals surface area (Å²) in [6.45, 7) is -0.899. The molecule has 0 aromatic rings.